The van der Waals surface area contributed by atoms with Gasteiger partial charge in [0.05, 0.1) is 0 Å². The molecule has 1 N–H and O–H groups in total. The second-order valence-electron chi connectivity index (χ2n) is 7.70. The van der Waals surface area contributed by atoms with Crippen LogP contribution in [0.15, 0.2) is 91.0 Å². The number of hydrogen-bond acceptors (Lipinski definition) is 2. The average molecular weight is 400 g/mol. The first-order chi connectivity index (χ1) is 14.8. The van der Waals surface area contributed by atoms with Crippen molar-refractivity contribution in [3.8, 4) is 0 Å². The van der Waals surface area contributed by atoms with Crippen LogP contribution in [0.4, 0.5) is 10.5 Å². The lowest BCUT2D eigenvalue weighted by Gasteiger charge is -2.36. The Hall–Kier alpha value is -3.27. The van der Waals surface area contributed by atoms with Gasteiger partial charge >= 0.3 is 6.03 Å². The maximum Gasteiger partial charge on any atom is 0.317 e. The Bertz CT molecular complexity index is 867. The van der Waals surface area contributed by atoms with Gasteiger partial charge in [0.2, 0.25) is 0 Å². The number of carbonyl (C=O) groups is 1. The van der Waals surface area contributed by atoms with Gasteiger partial charge in [0.1, 0.15) is 0 Å². The van der Waals surface area contributed by atoms with E-state index in [0.717, 1.165) is 32.6 Å². The molecule has 4 rings (SSSR count). The molecule has 30 heavy (non-hydrogen) atoms. The lowest BCUT2D eigenvalue weighted by Crippen LogP contribution is -2.52. The number of rotatable bonds is 6. The van der Waals surface area contributed by atoms with E-state index in [4.69, 9.17) is 0 Å². The van der Waals surface area contributed by atoms with Crippen molar-refractivity contribution in [3.63, 3.8) is 0 Å². The number of carbonyl (C=O) groups excluding carboxylic acids is 1. The molecule has 0 atom stereocenters. The van der Waals surface area contributed by atoms with Gasteiger partial charge in [-0.1, -0.05) is 78.9 Å². The molecule has 0 unspecified atom stereocenters. The van der Waals surface area contributed by atoms with E-state index in [1.165, 1.54) is 16.8 Å². The molecule has 1 heterocycles. The first-order valence-electron chi connectivity index (χ1n) is 10.7. The van der Waals surface area contributed by atoms with E-state index in [1.807, 2.05) is 23.1 Å². The minimum absolute atomic E-state index is 0.0441. The van der Waals surface area contributed by atoms with Crippen molar-refractivity contribution in [3.05, 3.63) is 102 Å². The molecule has 1 saturated heterocycles. The third-order valence-electron chi connectivity index (χ3n) is 5.80. The minimum atomic E-state index is 0.0441. The van der Waals surface area contributed by atoms with Crippen molar-refractivity contribution in [2.24, 2.45) is 0 Å². The zero-order chi connectivity index (χ0) is 20.6. The van der Waals surface area contributed by atoms with Gasteiger partial charge in [0.15, 0.2) is 0 Å². The van der Waals surface area contributed by atoms with Gasteiger partial charge in [-0.2, -0.15) is 0 Å². The number of urea groups is 1. The Balaban J connectivity index is 1.30. The molecule has 1 fully saturated rings. The maximum absolute atomic E-state index is 12.7. The Morgan fingerprint density at radius 1 is 0.733 bits per heavy atom. The van der Waals surface area contributed by atoms with Crippen molar-refractivity contribution in [2.75, 3.05) is 37.6 Å². The molecule has 0 spiro atoms. The van der Waals surface area contributed by atoms with Gasteiger partial charge in [-0.15, -0.1) is 0 Å². The molecule has 1 aliphatic heterocycles. The molecule has 0 aromatic heterocycles. The van der Waals surface area contributed by atoms with Gasteiger partial charge in [-0.3, -0.25) is 0 Å². The summed E-state index contributed by atoms with van der Waals surface area (Å²) in [6, 6.07) is 31.5. The zero-order valence-electron chi connectivity index (χ0n) is 17.3. The molecule has 4 nitrogen and oxygen atoms in total. The second-order valence-corrected chi connectivity index (χ2v) is 7.70. The van der Waals surface area contributed by atoms with Crippen LogP contribution in [0.25, 0.3) is 0 Å². The molecule has 3 aromatic rings. The highest BCUT2D eigenvalue weighted by molar-refractivity contribution is 5.74. The number of amides is 2. The summed E-state index contributed by atoms with van der Waals surface area (Å²) >= 11 is 0. The zero-order valence-corrected chi connectivity index (χ0v) is 17.3. The van der Waals surface area contributed by atoms with Crippen molar-refractivity contribution >= 4 is 11.7 Å². The summed E-state index contributed by atoms with van der Waals surface area (Å²) in [7, 11) is 0. The van der Waals surface area contributed by atoms with E-state index in [9.17, 15) is 4.79 Å². The first kappa shape index (κ1) is 20.0. The Labute approximate surface area is 179 Å². The molecular weight excluding hydrogens is 370 g/mol. The lowest BCUT2D eigenvalue weighted by molar-refractivity contribution is 0.194. The number of piperazine rings is 1. The number of benzene rings is 3. The van der Waals surface area contributed by atoms with E-state index in [2.05, 4.69) is 83.0 Å². The average Bonchev–Trinajstić information content (AvgIpc) is 2.83. The molecule has 3 aromatic carbocycles. The summed E-state index contributed by atoms with van der Waals surface area (Å²) in [5.74, 6) is 0.280. The topological polar surface area (TPSA) is 35.6 Å². The van der Waals surface area contributed by atoms with Crippen LogP contribution in [0.3, 0.4) is 0 Å². The third kappa shape index (κ3) is 5.01. The maximum atomic E-state index is 12.7. The predicted molar refractivity (Wildman–Crippen MR) is 123 cm³/mol. The second kappa shape index (κ2) is 9.97. The van der Waals surface area contributed by atoms with Crippen molar-refractivity contribution < 1.29 is 4.79 Å². The van der Waals surface area contributed by atoms with Gasteiger partial charge in [0.25, 0.3) is 0 Å². The van der Waals surface area contributed by atoms with Gasteiger partial charge in [-0.05, 0) is 29.7 Å². The molecule has 0 bridgehead atoms. The summed E-state index contributed by atoms with van der Waals surface area (Å²) in [6.07, 6.45) is 0.879. The van der Waals surface area contributed by atoms with Crippen LogP contribution in [0.2, 0.25) is 0 Å². The third-order valence-corrected chi connectivity index (χ3v) is 5.80. The molecule has 1 aliphatic rings. The molecule has 2 amide bonds. The monoisotopic (exact) mass is 399 g/mol. The van der Waals surface area contributed by atoms with Gasteiger partial charge < -0.3 is 15.1 Å². The van der Waals surface area contributed by atoms with Gasteiger partial charge in [0, 0.05) is 44.3 Å². The Morgan fingerprint density at radius 3 is 1.77 bits per heavy atom. The summed E-state index contributed by atoms with van der Waals surface area (Å²) < 4.78 is 0. The van der Waals surface area contributed by atoms with Crippen LogP contribution in [0.1, 0.15) is 23.5 Å². The summed E-state index contributed by atoms with van der Waals surface area (Å²) in [5.41, 5.74) is 3.80. The molecule has 0 saturated carbocycles. The van der Waals surface area contributed by atoms with Crippen molar-refractivity contribution in [2.45, 2.75) is 12.3 Å². The molecule has 154 valence electrons. The first-order valence-corrected chi connectivity index (χ1v) is 10.7. The highest BCUT2D eigenvalue weighted by atomic mass is 16.2. The van der Waals surface area contributed by atoms with E-state index in [1.54, 1.807) is 0 Å². The van der Waals surface area contributed by atoms with Crippen LogP contribution >= 0.6 is 0 Å². The van der Waals surface area contributed by atoms with Crippen LogP contribution < -0.4 is 10.2 Å². The van der Waals surface area contributed by atoms with Crippen LogP contribution in [-0.4, -0.2) is 43.7 Å². The molecule has 0 aliphatic carbocycles. The summed E-state index contributed by atoms with van der Waals surface area (Å²) in [4.78, 5) is 17.0. The number of para-hydroxylation sites is 1. The van der Waals surface area contributed by atoms with E-state index in [0.29, 0.717) is 6.54 Å². The largest absolute Gasteiger partial charge is 0.368 e. The minimum Gasteiger partial charge on any atom is -0.368 e. The fraction of sp³-hybridized carbons (Fsp3) is 0.269. The van der Waals surface area contributed by atoms with Crippen molar-refractivity contribution in [1.82, 2.24) is 10.2 Å². The quantitative estimate of drug-likeness (QED) is 0.650. The van der Waals surface area contributed by atoms with E-state index in [-0.39, 0.29) is 11.9 Å². The van der Waals surface area contributed by atoms with Crippen LogP contribution in [0.5, 0.6) is 0 Å². The SMILES string of the molecule is O=C(NCCC(c1ccccc1)c1ccccc1)N1CCN(c2ccccc2)CC1. The highest BCUT2D eigenvalue weighted by Crippen LogP contribution is 2.27. The standard InChI is InChI=1S/C26H29N3O/c30-26(29-20-18-28(19-21-29)24-14-8-3-9-15-24)27-17-16-25(22-10-4-1-5-11-22)23-12-6-2-7-13-23/h1-15,25H,16-21H2,(H,27,30). The Morgan fingerprint density at radius 2 is 1.23 bits per heavy atom. The smallest absolute Gasteiger partial charge is 0.317 e. The highest BCUT2D eigenvalue weighted by Gasteiger charge is 2.21. The van der Waals surface area contributed by atoms with Crippen LogP contribution in [-0.2, 0) is 0 Å². The van der Waals surface area contributed by atoms with Gasteiger partial charge in [-0.25, -0.2) is 4.79 Å². The van der Waals surface area contributed by atoms with Crippen molar-refractivity contribution in [1.29, 1.82) is 0 Å². The number of nitrogens with one attached hydrogen (secondary N) is 1. The lowest BCUT2D eigenvalue weighted by atomic mass is 9.88. The molecule has 4 heteroatoms. The van der Waals surface area contributed by atoms with Crippen LogP contribution in [0, 0.1) is 0 Å². The summed E-state index contributed by atoms with van der Waals surface area (Å²) in [6.45, 7) is 3.90. The van der Waals surface area contributed by atoms with E-state index >= 15 is 0 Å². The van der Waals surface area contributed by atoms with E-state index < -0.39 is 0 Å². The number of hydrogen-bond donors (Lipinski definition) is 1. The predicted octanol–water partition coefficient (Wildman–Crippen LogP) is 4.74. The fourth-order valence-electron chi connectivity index (χ4n) is 4.14. The molecule has 0 radical (unpaired) electrons. The normalized spacial score (nSPS) is 14.0. The molecular formula is C26H29N3O. The fourth-order valence-corrected chi connectivity index (χ4v) is 4.14. The number of anilines is 1. The number of nitrogens with zero attached hydrogens (tertiary/aromatic N) is 2. The Kier molecular flexibility index (Phi) is 6.65. The summed E-state index contributed by atoms with van der Waals surface area (Å²) in [5, 5.41) is 3.15.